The molecule has 0 rings (SSSR count). The van der Waals surface area contributed by atoms with Crippen LogP contribution in [-0.2, 0) is 0 Å². The van der Waals surface area contributed by atoms with Gasteiger partial charge in [0.25, 0.3) is 0 Å². The van der Waals surface area contributed by atoms with E-state index in [2.05, 4.69) is 77.0 Å². The Labute approximate surface area is 167 Å². The van der Waals surface area contributed by atoms with E-state index >= 15 is 0 Å². The molecule has 0 aromatic carbocycles. The SMILES string of the molecule is CCCCC#C[B-](/C(=[C](/CCCC)[Sn+]([CH3])[CH3])C(C)C)(C(C)C)C(C)C. The molecule has 0 spiro atoms. The van der Waals surface area contributed by atoms with E-state index in [1.807, 2.05) is 9.06 Å². The summed E-state index contributed by atoms with van der Waals surface area (Å²) in [6.07, 6.45) is 6.76. The molecule has 0 bridgehead atoms. The molecule has 144 valence electrons. The van der Waals surface area contributed by atoms with Gasteiger partial charge in [-0.25, -0.2) is 0 Å². The first-order valence-corrected chi connectivity index (χ1v) is 18.0. The molecule has 0 amide bonds. The fraction of sp³-hybridized carbons (Fsp3) is 0.826. The second-order valence-electron chi connectivity index (χ2n) is 9.11. The van der Waals surface area contributed by atoms with Crippen molar-refractivity contribution in [1.82, 2.24) is 0 Å². The van der Waals surface area contributed by atoms with Crippen molar-refractivity contribution >= 4 is 25.9 Å². The van der Waals surface area contributed by atoms with Gasteiger partial charge in [0.05, 0.1) is 0 Å². The summed E-state index contributed by atoms with van der Waals surface area (Å²) in [5, 5.41) is 0. The van der Waals surface area contributed by atoms with Gasteiger partial charge >= 0.3 is 168 Å². The Hall–Kier alpha value is 0.164. The Morgan fingerprint density at radius 3 is 1.76 bits per heavy atom. The molecular weight excluding hydrogens is 406 g/mol. The third-order valence-corrected chi connectivity index (χ3v) is 11.0. The quantitative estimate of drug-likeness (QED) is 0.180. The van der Waals surface area contributed by atoms with Crippen LogP contribution in [0, 0.1) is 17.7 Å². The second-order valence-corrected chi connectivity index (χ2v) is 16.5. The predicted molar refractivity (Wildman–Crippen MR) is 122 cm³/mol. The number of hydrogen-bond acceptors (Lipinski definition) is 0. The van der Waals surface area contributed by atoms with E-state index in [-0.39, 0.29) is 0 Å². The van der Waals surface area contributed by atoms with Gasteiger partial charge in [-0.05, 0) is 0 Å². The molecule has 0 saturated carbocycles. The number of hydrogen-bond donors (Lipinski definition) is 0. The summed E-state index contributed by atoms with van der Waals surface area (Å²) in [4.78, 5) is 5.17. The topological polar surface area (TPSA) is 0 Å². The second kappa shape index (κ2) is 12.5. The minimum absolute atomic E-state index is 0.630. The zero-order valence-corrected chi connectivity index (χ0v) is 21.9. The zero-order valence-electron chi connectivity index (χ0n) is 19.1. The van der Waals surface area contributed by atoms with Crippen LogP contribution in [0.1, 0.15) is 93.9 Å². The van der Waals surface area contributed by atoms with Crippen LogP contribution in [0.25, 0.3) is 0 Å². The molecule has 0 aliphatic heterocycles. The van der Waals surface area contributed by atoms with Gasteiger partial charge < -0.3 is 0 Å². The standard InChI is InChI=1S/C21H39B.2CH3.Sn/c1-9-11-13-15-17-22(19(5)6,20(7)8)21(18(3)4)16-14-12-10-2;;;/h18-20H,9-14H2,1-8H3;2*1H3;/q-1;;;+1. The maximum atomic E-state index is 3.95. The molecule has 0 unspecified atom stereocenters. The first-order chi connectivity index (χ1) is 11.7. The van der Waals surface area contributed by atoms with E-state index in [0.717, 1.165) is 6.42 Å². The third kappa shape index (κ3) is 7.01. The van der Waals surface area contributed by atoms with Crippen molar-refractivity contribution in [1.29, 1.82) is 0 Å². The third-order valence-electron chi connectivity index (χ3n) is 5.97. The normalized spacial score (nSPS) is 13.2. The van der Waals surface area contributed by atoms with Gasteiger partial charge in [0.1, 0.15) is 0 Å². The van der Waals surface area contributed by atoms with Crippen molar-refractivity contribution in [2.75, 3.05) is 0 Å². The van der Waals surface area contributed by atoms with E-state index < -0.39 is 25.9 Å². The molecule has 0 aliphatic carbocycles. The number of allylic oxidation sites excluding steroid dienone is 2. The van der Waals surface area contributed by atoms with E-state index in [0.29, 0.717) is 17.6 Å². The molecule has 25 heavy (non-hydrogen) atoms. The minimum atomic E-state index is -1.44. The molecule has 2 heteroatoms. The molecule has 0 aliphatic rings. The monoisotopic (exact) mass is 452 g/mol. The summed E-state index contributed by atoms with van der Waals surface area (Å²) < 4.78 is 1.91. The average molecular weight is 451 g/mol. The number of rotatable bonds is 10. The summed E-state index contributed by atoms with van der Waals surface area (Å²) in [5.74, 6) is 9.48. The fourth-order valence-corrected chi connectivity index (χ4v) is 9.72. The van der Waals surface area contributed by atoms with Gasteiger partial charge in [-0.3, -0.25) is 0 Å². The molecular formula is C23H45BSn. The van der Waals surface area contributed by atoms with E-state index in [1.54, 1.807) is 0 Å². The van der Waals surface area contributed by atoms with Crippen LogP contribution in [0.3, 0.4) is 0 Å². The van der Waals surface area contributed by atoms with Crippen LogP contribution in [-0.4, -0.2) is 25.9 Å². The van der Waals surface area contributed by atoms with Crippen molar-refractivity contribution in [2.45, 2.75) is 115 Å². The number of unbranched alkanes of at least 4 members (excludes halogenated alkanes) is 3. The van der Waals surface area contributed by atoms with Gasteiger partial charge in [-0.15, -0.1) is 0 Å². The summed E-state index contributed by atoms with van der Waals surface area (Å²) in [6.45, 7) is 19.2. The van der Waals surface area contributed by atoms with Gasteiger partial charge in [0.2, 0.25) is 0 Å². The van der Waals surface area contributed by atoms with Crippen molar-refractivity contribution in [3.05, 3.63) is 9.06 Å². The Bertz CT molecular complexity index is 452. The molecule has 0 fully saturated rings. The summed E-state index contributed by atoms with van der Waals surface area (Å²) in [7, 11) is 0. The Morgan fingerprint density at radius 2 is 1.40 bits per heavy atom. The van der Waals surface area contributed by atoms with Crippen LogP contribution in [0.2, 0.25) is 21.5 Å². The fourth-order valence-electron chi connectivity index (χ4n) is 4.63. The summed E-state index contributed by atoms with van der Waals surface area (Å²) in [6, 6.07) is 0. The maximum absolute atomic E-state index is 3.95. The van der Waals surface area contributed by atoms with Crippen LogP contribution in [0.15, 0.2) is 9.06 Å². The van der Waals surface area contributed by atoms with Gasteiger partial charge in [0, 0.05) is 0 Å². The van der Waals surface area contributed by atoms with Crippen LogP contribution < -0.4 is 0 Å². The Morgan fingerprint density at radius 1 is 0.880 bits per heavy atom. The Balaban J connectivity index is 6.48. The Kier molecular flexibility index (Phi) is 12.6. The molecule has 0 nitrogen and oxygen atoms in total. The van der Waals surface area contributed by atoms with Crippen LogP contribution in [0.5, 0.6) is 0 Å². The first-order valence-electron chi connectivity index (χ1n) is 10.9. The van der Waals surface area contributed by atoms with Crippen LogP contribution >= 0.6 is 0 Å². The average Bonchev–Trinajstić information content (AvgIpc) is 2.51. The van der Waals surface area contributed by atoms with E-state index in [9.17, 15) is 0 Å². The van der Waals surface area contributed by atoms with Crippen LogP contribution in [0.4, 0.5) is 0 Å². The summed E-state index contributed by atoms with van der Waals surface area (Å²) >= 11 is -1.44. The molecule has 0 saturated heterocycles. The summed E-state index contributed by atoms with van der Waals surface area (Å²) in [5.41, 5.74) is 1.81. The van der Waals surface area contributed by atoms with E-state index in [4.69, 9.17) is 0 Å². The van der Waals surface area contributed by atoms with Crippen molar-refractivity contribution in [3.8, 4) is 11.7 Å². The van der Waals surface area contributed by atoms with Crippen molar-refractivity contribution < 1.29 is 0 Å². The van der Waals surface area contributed by atoms with E-state index in [1.165, 1.54) is 32.1 Å². The zero-order chi connectivity index (χ0) is 19.6. The molecule has 0 N–H and O–H groups in total. The van der Waals surface area contributed by atoms with Crippen molar-refractivity contribution in [3.63, 3.8) is 0 Å². The first kappa shape index (κ1) is 25.2. The molecule has 0 aromatic rings. The predicted octanol–water partition coefficient (Wildman–Crippen LogP) is 7.96. The van der Waals surface area contributed by atoms with Gasteiger partial charge in [-0.2, -0.15) is 0 Å². The molecule has 0 radical (unpaired) electrons. The van der Waals surface area contributed by atoms with Gasteiger partial charge in [0.15, 0.2) is 0 Å². The van der Waals surface area contributed by atoms with Crippen molar-refractivity contribution in [2.24, 2.45) is 5.92 Å². The molecule has 0 aromatic heterocycles. The molecule has 0 heterocycles. The van der Waals surface area contributed by atoms with Gasteiger partial charge in [-0.1, -0.05) is 0 Å². The molecule has 0 atom stereocenters.